The highest BCUT2D eigenvalue weighted by atomic mass is 35.5. The van der Waals surface area contributed by atoms with Gasteiger partial charge in [-0.15, -0.1) is 12.4 Å². The minimum absolute atomic E-state index is 0. The Labute approximate surface area is 149 Å². The molecular weight excluding hydrogens is 328 g/mol. The second-order valence-corrected chi connectivity index (χ2v) is 6.70. The molecule has 24 heavy (non-hydrogen) atoms. The monoisotopic (exact) mass is 354 g/mol. The number of amides is 1. The van der Waals surface area contributed by atoms with Gasteiger partial charge in [0.2, 0.25) is 5.91 Å². The van der Waals surface area contributed by atoms with Crippen LogP contribution in [-0.4, -0.2) is 25.7 Å². The van der Waals surface area contributed by atoms with Crippen molar-refractivity contribution in [3.8, 4) is 11.5 Å². The fraction of sp³-hybridized carbons (Fsp3) is 0.611. The van der Waals surface area contributed by atoms with Gasteiger partial charge in [0, 0.05) is 13.0 Å². The Bertz CT molecular complexity index is 559. The van der Waals surface area contributed by atoms with E-state index >= 15 is 0 Å². The summed E-state index contributed by atoms with van der Waals surface area (Å²) in [6, 6.07) is 5.81. The molecule has 0 bridgehead atoms. The third-order valence-corrected chi connectivity index (χ3v) is 4.98. The fourth-order valence-corrected chi connectivity index (χ4v) is 3.56. The molecule has 3 N–H and O–H groups in total. The van der Waals surface area contributed by atoms with Crippen LogP contribution in [0.4, 0.5) is 0 Å². The normalized spacial score (nSPS) is 18.4. The number of rotatable bonds is 5. The van der Waals surface area contributed by atoms with E-state index < -0.39 is 0 Å². The van der Waals surface area contributed by atoms with Crippen molar-refractivity contribution in [3.05, 3.63) is 23.8 Å². The summed E-state index contributed by atoms with van der Waals surface area (Å²) in [5, 5.41) is 3.02. The molecule has 2 aliphatic rings. The minimum atomic E-state index is 0. The van der Waals surface area contributed by atoms with Gasteiger partial charge in [-0.25, -0.2) is 0 Å². The van der Waals surface area contributed by atoms with Crippen LogP contribution >= 0.6 is 12.4 Å². The van der Waals surface area contributed by atoms with Crippen LogP contribution in [0.25, 0.3) is 0 Å². The van der Waals surface area contributed by atoms with Gasteiger partial charge in [-0.1, -0.05) is 25.3 Å². The van der Waals surface area contributed by atoms with Gasteiger partial charge in [0.25, 0.3) is 0 Å². The molecule has 0 unspecified atom stereocenters. The molecule has 1 aromatic rings. The predicted molar refractivity (Wildman–Crippen MR) is 95.7 cm³/mol. The van der Waals surface area contributed by atoms with E-state index in [1.165, 1.54) is 19.3 Å². The van der Waals surface area contributed by atoms with Crippen LogP contribution in [0.5, 0.6) is 11.5 Å². The summed E-state index contributed by atoms with van der Waals surface area (Å²) in [4.78, 5) is 12.3. The number of halogens is 1. The lowest BCUT2D eigenvalue weighted by Gasteiger charge is -2.35. The number of fused-ring (bicyclic) bond motifs is 1. The van der Waals surface area contributed by atoms with Crippen molar-refractivity contribution in [3.63, 3.8) is 0 Å². The Balaban J connectivity index is 0.00000208. The largest absolute Gasteiger partial charge is 0.486 e. The molecule has 0 aromatic heterocycles. The van der Waals surface area contributed by atoms with E-state index in [2.05, 4.69) is 5.32 Å². The van der Waals surface area contributed by atoms with Gasteiger partial charge in [0.1, 0.15) is 13.2 Å². The average Bonchev–Trinajstić information content (AvgIpc) is 2.60. The first-order valence-corrected chi connectivity index (χ1v) is 8.56. The number of carbonyl (C=O) groups is 1. The molecule has 1 amide bonds. The number of hydrogen-bond acceptors (Lipinski definition) is 4. The summed E-state index contributed by atoms with van der Waals surface area (Å²) < 4.78 is 11.1. The summed E-state index contributed by atoms with van der Waals surface area (Å²) >= 11 is 0. The quantitative estimate of drug-likeness (QED) is 0.852. The van der Waals surface area contributed by atoms with Crippen molar-refractivity contribution in [1.29, 1.82) is 0 Å². The van der Waals surface area contributed by atoms with E-state index in [-0.39, 0.29) is 23.7 Å². The molecule has 5 nitrogen and oxygen atoms in total. The molecule has 0 saturated heterocycles. The lowest BCUT2D eigenvalue weighted by molar-refractivity contribution is -0.124. The summed E-state index contributed by atoms with van der Waals surface area (Å²) in [6.45, 7) is 2.27. The Morgan fingerprint density at radius 2 is 1.83 bits per heavy atom. The molecule has 1 heterocycles. The summed E-state index contributed by atoms with van der Waals surface area (Å²) in [5.41, 5.74) is 6.99. The van der Waals surface area contributed by atoms with Crippen molar-refractivity contribution in [2.24, 2.45) is 11.1 Å². The van der Waals surface area contributed by atoms with E-state index in [9.17, 15) is 4.79 Å². The molecule has 0 atom stereocenters. The van der Waals surface area contributed by atoms with Gasteiger partial charge in [0.05, 0.1) is 0 Å². The highest BCUT2D eigenvalue weighted by Gasteiger charge is 2.32. The molecule has 3 rings (SSSR count). The minimum Gasteiger partial charge on any atom is -0.486 e. The van der Waals surface area contributed by atoms with Gasteiger partial charge >= 0.3 is 0 Å². The highest BCUT2D eigenvalue weighted by molar-refractivity contribution is 5.85. The lowest BCUT2D eigenvalue weighted by Crippen LogP contribution is -2.38. The zero-order valence-corrected chi connectivity index (χ0v) is 14.8. The molecule has 1 saturated carbocycles. The molecule has 0 radical (unpaired) electrons. The van der Waals surface area contributed by atoms with Gasteiger partial charge in [-0.3, -0.25) is 4.79 Å². The maximum absolute atomic E-state index is 12.3. The van der Waals surface area contributed by atoms with E-state index in [4.69, 9.17) is 15.2 Å². The van der Waals surface area contributed by atoms with Gasteiger partial charge in [0.15, 0.2) is 11.5 Å². The topological polar surface area (TPSA) is 73.6 Å². The third-order valence-electron chi connectivity index (χ3n) is 4.98. The van der Waals surface area contributed by atoms with Crippen molar-refractivity contribution in [2.75, 3.05) is 19.8 Å². The zero-order chi connectivity index (χ0) is 16.1. The number of ether oxygens (including phenoxy) is 2. The van der Waals surface area contributed by atoms with E-state index in [1.807, 2.05) is 18.2 Å². The molecular formula is C18H27ClN2O3. The van der Waals surface area contributed by atoms with Gasteiger partial charge in [-0.2, -0.15) is 0 Å². The Morgan fingerprint density at radius 1 is 1.12 bits per heavy atom. The van der Waals surface area contributed by atoms with Crippen LogP contribution in [-0.2, 0) is 11.3 Å². The standard InChI is InChI=1S/C18H26N2O3.ClH/c19-13-18(6-2-1-3-7-18)11-17(21)20-12-14-4-5-15-16(10-14)23-9-8-22-15;/h4-5,10H,1-3,6-9,11-13,19H2,(H,20,21);1H. The number of hydrogen-bond donors (Lipinski definition) is 2. The summed E-state index contributed by atoms with van der Waals surface area (Å²) in [5.74, 6) is 1.62. The smallest absolute Gasteiger partial charge is 0.220 e. The fourth-order valence-electron chi connectivity index (χ4n) is 3.56. The molecule has 1 aromatic carbocycles. The highest BCUT2D eigenvalue weighted by Crippen LogP contribution is 2.38. The number of nitrogens with one attached hydrogen (secondary N) is 1. The first kappa shape index (κ1) is 18.9. The van der Waals surface area contributed by atoms with Crippen LogP contribution in [0.2, 0.25) is 0 Å². The third kappa shape index (κ3) is 4.54. The molecule has 0 spiro atoms. The van der Waals surface area contributed by atoms with Gasteiger partial charge < -0.3 is 20.5 Å². The SMILES string of the molecule is Cl.NCC1(CC(=O)NCc2ccc3c(c2)OCCO3)CCCCC1. The van der Waals surface area contributed by atoms with Crippen molar-refractivity contribution < 1.29 is 14.3 Å². The maximum Gasteiger partial charge on any atom is 0.220 e. The Hall–Kier alpha value is -1.46. The van der Waals surface area contributed by atoms with Crippen molar-refractivity contribution in [2.45, 2.75) is 45.1 Å². The summed E-state index contributed by atoms with van der Waals surface area (Å²) in [6.07, 6.45) is 6.32. The van der Waals surface area contributed by atoms with Crippen molar-refractivity contribution >= 4 is 18.3 Å². The van der Waals surface area contributed by atoms with Crippen LogP contribution in [0.3, 0.4) is 0 Å². The number of benzene rings is 1. The first-order chi connectivity index (χ1) is 11.2. The molecule has 1 fully saturated rings. The Kier molecular flexibility index (Phi) is 6.75. The average molecular weight is 355 g/mol. The molecule has 134 valence electrons. The zero-order valence-electron chi connectivity index (χ0n) is 14.0. The van der Waals surface area contributed by atoms with E-state index in [0.29, 0.717) is 32.7 Å². The summed E-state index contributed by atoms with van der Waals surface area (Å²) in [7, 11) is 0. The van der Waals surface area contributed by atoms with Gasteiger partial charge in [-0.05, 0) is 42.5 Å². The van der Waals surface area contributed by atoms with Crippen LogP contribution in [0, 0.1) is 5.41 Å². The van der Waals surface area contributed by atoms with Crippen LogP contribution in [0.15, 0.2) is 18.2 Å². The molecule has 1 aliphatic carbocycles. The second kappa shape index (κ2) is 8.58. The molecule has 6 heteroatoms. The molecule has 1 aliphatic heterocycles. The van der Waals surface area contributed by atoms with Crippen LogP contribution < -0.4 is 20.5 Å². The predicted octanol–water partition coefficient (Wildman–Crippen LogP) is 2.80. The van der Waals surface area contributed by atoms with E-state index in [1.54, 1.807) is 0 Å². The Morgan fingerprint density at radius 3 is 2.54 bits per heavy atom. The maximum atomic E-state index is 12.3. The van der Waals surface area contributed by atoms with Crippen LogP contribution in [0.1, 0.15) is 44.1 Å². The first-order valence-electron chi connectivity index (χ1n) is 8.56. The van der Waals surface area contributed by atoms with E-state index in [0.717, 1.165) is 29.9 Å². The van der Waals surface area contributed by atoms with Crippen molar-refractivity contribution in [1.82, 2.24) is 5.32 Å². The number of carbonyl (C=O) groups excluding carboxylic acids is 1. The second-order valence-electron chi connectivity index (χ2n) is 6.70. The number of nitrogens with two attached hydrogens (primary N) is 1. The lowest BCUT2D eigenvalue weighted by atomic mass is 9.71.